The summed E-state index contributed by atoms with van der Waals surface area (Å²) in [5, 5.41) is 17.3. The number of carboxylic acid groups (broad SMARTS) is 1. The number of nitriles is 1. The number of carbonyl (C=O) groups is 1. The smallest absolute Gasteiger partial charge is 0.418 e. The van der Waals surface area contributed by atoms with E-state index in [1.807, 2.05) is 0 Å². The fourth-order valence-corrected chi connectivity index (χ4v) is 1.89. The van der Waals surface area contributed by atoms with Gasteiger partial charge in [0.15, 0.2) is 0 Å². The molecule has 1 N–H and O–H groups in total. The van der Waals surface area contributed by atoms with E-state index >= 15 is 0 Å². The van der Waals surface area contributed by atoms with E-state index in [0.29, 0.717) is 0 Å². The summed E-state index contributed by atoms with van der Waals surface area (Å²) < 4.78 is 38.5. The van der Waals surface area contributed by atoms with Gasteiger partial charge in [0.2, 0.25) is 0 Å². The van der Waals surface area contributed by atoms with Gasteiger partial charge in [0.25, 0.3) is 0 Å². The number of benzene rings is 1. The normalized spacial score (nSPS) is 11.1. The third-order valence-corrected chi connectivity index (χ3v) is 2.56. The third kappa shape index (κ3) is 2.93. The molecular formula is C11H7ClF3NO2. The maximum absolute atomic E-state index is 12.8. The van der Waals surface area contributed by atoms with Crippen LogP contribution in [0.2, 0.25) is 0 Å². The fraction of sp³-hybridized carbons (Fsp3) is 0.273. The molecule has 0 saturated carbocycles. The summed E-state index contributed by atoms with van der Waals surface area (Å²) in [6.07, 6.45) is -5.32. The Morgan fingerprint density at radius 1 is 1.44 bits per heavy atom. The first-order valence-corrected chi connectivity index (χ1v) is 5.24. The van der Waals surface area contributed by atoms with Crippen LogP contribution in [-0.2, 0) is 23.3 Å². The van der Waals surface area contributed by atoms with Gasteiger partial charge >= 0.3 is 12.1 Å². The number of rotatable bonds is 3. The van der Waals surface area contributed by atoms with Crippen LogP contribution in [0.3, 0.4) is 0 Å². The molecule has 0 fully saturated rings. The van der Waals surface area contributed by atoms with E-state index < -0.39 is 35.6 Å². The Morgan fingerprint density at radius 2 is 2.06 bits per heavy atom. The van der Waals surface area contributed by atoms with Gasteiger partial charge < -0.3 is 5.11 Å². The van der Waals surface area contributed by atoms with Crippen molar-refractivity contribution in [3.05, 3.63) is 34.4 Å². The molecule has 18 heavy (non-hydrogen) atoms. The SMILES string of the molecule is N#Cc1ccc(CC(=O)O)c(CCl)c1C(F)(F)F. The average molecular weight is 278 g/mol. The first-order chi connectivity index (χ1) is 8.31. The summed E-state index contributed by atoms with van der Waals surface area (Å²) in [5.41, 5.74) is -2.11. The van der Waals surface area contributed by atoms with Gasteiger partial charge in [0.1, 0.15) is 0 Å². The summed E-state index contributed by atoms with van der Waals surface area (Å²) in [6, 6.07) is 3.57. The van der Waals surface area contributed by atoms with Gasteiger partial charge in [-0.2, -0.15) is 18.4 Å². The van der Waals surface area contributed by atoms with Gasteiger partial charge in [0.05, 0.1) is 23.6 Å². The second-order valence-electron chi connectivity index (χ2n) is 3.44. The molecule has 0 aliphatic heterocycles. The highest BCUT2D eigenvalue weighted by Crippen LogP contribution is 2.36. The molecule has 0 saturated heterocycles. The van der Waals surface area contributed by atoms with Gasteiger partial charge in [-0.25, -0.2) is 0 Å². The molecule has 3 nitrogen and oxygen atoms in total. The molecule has 1 aromatic carbocycles. The predicted molar refractivity (Wildman–Crippen MR) is 57.1 cm³/mol. The molecule has 1 aromatic rings. The van der Waals surface area contributed by atoms with E-state index in [0.717, 1.165) is 6.07 Å². The first kappa shape index (κ1) is 14.3. The number of carboxylic acids is 1. The van der Waals surface area contributed by atoms with Crippen LogP contribution in [0.5, 0.6) is 0 Å². The molecule has 0 aliphatic carbocycles. The lowest BCUT2D eigenvalue weighted by atomic mass is 9.95. The van der Waals surface area contributed by atoms with Crippen molar-refractivity contribution < 1.29 is 23.1 Å². The van der Waals surface area contributed by atoms with E-state index in [-0.39, 0.29) is 11.1 Å². The number of halogens is 4. The Balaban J connectivity index is 3.53. The number of hydrogen-bond donors (Lipinski definition) is 1. The highest BCUT2D eigenvalue weighted by molar-refractivity contribution is 6.17. The summed E-state index contributed by atoms with van der Waals surface area (Å²) in [7, 11) is 0. The van der Waals surface area contributed by atoms with Crippen LogP contribution in [-0.4, -0.2) is 11.1 Å². The second-order valence-corrected chi connectivity index (χ2v) is 3.71. The molecule has 0 bridgehead atoms. The molecule has 1 rings (SSSR count). The van der Waals surface area contributed by atoms with Crippen LogP contribution in [0.1, 0.15) is 22.3 Å². The van der Waals surface area contributed by atoms with Crippen molar-refractivity contribution in [3.63, 3.8) is 0 Å². The van der Waals surface area contributed by atoms with E-state index in [9.17, 15) is 18.0 Å². The zero-order valence-corrected chi connectivity index (χ0v) is 9.64. The van der Waals surface area contributed by atoms with Crippen LogP contribution in [0.4, 0.5) is 13.2 Å². The van der Waals surface area contributed by atoms with Crippen LogP contribution < -0.4 is 0 Å². The van der Waals surface area contributed by atoms with Gasteiger partial charge in [-0.15, -0.1) is 11.6 Å². The van der Waals surface area contributed by atoms with Crippen LogP contribution >= 0.6 is 11.6 Å². The minimum Gasteiger partial charge on any atom is -0.481 e. The number of nitrogens with zero attached hydrogens (tertiary/aromatic N) is 1. The van der Waals surface area contributed by atoms with Crippen molar-refractivity contribution in [2.24, 2.45) is 0 Å². The largest absolute Gasteiger partial charge is 0.481 e. The zero-order chi connectivity index (χ0) is 13.9. The highest BCUT2D eigenvalue weighted by atomic mass is 35.5. The Morgan fingerprint density at radius 3 is 2.44 bits per heavy atom. The van der Waals surface area contributed by atoms with Crippen molar-refractivity contribution in [2.45, 2.75) is 18.5 Å². The maximum atomic E-state index is 12.8. The van der Waals surface area contributed by atoms with E-state index in [1.54, 1.807) is 0 Å². The quantitative estimate of drug-likeness (QED) is 0.864. The number of aliphatic carboxylic acids is 1. The Hall–Kier alpha value is -1.74. The minimum absolute atomic E-state index is 0.0381. The summed E-state index contributed by atoms with van der Waals surface area (Å²) in [4.78, 5) is 10.6. The monoisotopic (exact) mass is 277 g/mol. The molecule has 0 atom stereocenters. The number of alkyl halides is 4. The molecule has 0 heterocycles. The molecule has 96 valence electrons. The third-order valence-electron chi connectivity index (χ3n) is 2.29. The van der Waals surface area contributed by atoms with Crippen molar-refractivity contribution >= 4 is 17.6 Å². The molecule has 0 amide bonds. The number of hydrogen-bond acceptors (Lipinski definition) is 2. The van der Waals surface area contributed by atoms with E-state index in [2.05, 4.69) is 0 Å². The first-order valence-electron chi connectivity index (χ1n) is 4.71. The Labute approximate surface area is 105 Å². The molecule has 0 radical (unpaired) electrons. The Kier molecular flexibility index (Phi) is 4.19. The highest BCUT2D eigenvalue weighted by Gasteiger charge is 2.37. The Bertz CT molecular complexity index is 520. The zero-order valence-electron chi connectivity index (χ0n) is 8.88. The second kappa shape index (κ2) is 5.27. The van der Waals surface area contributed by atoms with Crippen LogP contribution in [0.25, 0.3) is 0 Å². The van der Waals surface area contributed by atoms with Crippen molar-refractivity contribution in [2.75, 3.05) is 0 Å². The van der Waals surface area contributed by atoms with E-state index in [1.165, 1.54) is 12.1 Å². The standard InChI is InChI=1S/C11H7ClF3NO2/c12-4-8-6(3-9(17)18)1-2-7(5-16)10(8)11(13,14)15/h1-2H,3-4H2,(H,17,18). The van der Waals surface area contributed by atoms with Crippen molar-refractivity contribution in [1.82, 2.24) is 0 Å². The predicted octanol–water partition coefficient (Wildman–Crippen LogP) is 2.94. The molecule has 0 aliphatic rings. The van der Waals surface area contributed by atoms with E-state index in [4.69, 9.17) is 22.0 Å². The average Bonchev–Trinajstić information content (AvgIpc) is 2.26. The van der Waals surface area contributed by atoms with Crippen LogP contribution in [0, 0.1) is 11.3 Å². The van der Waals surface area contributed by atoms with Crippen molar-refractivity contribution in [1.29, 1.82) is 5.26 Å². The van der Waals surface area contributed by atoms with Gasteiger partial charge in [-0.3, -0.25) is 4.79 Å². The summed E-state index contributed by atoms with van der Waals surface area (Å²) >= 11 is 5.45. The fourth-order valence-electron chi connectivity index (χ4n) is 1.59. The minimum atomic E-state index is -4.75. The molecule has 0 spiro atoms. The lowest BCUT2D eigenvalue weighted by molar-refractivity contribution is -0.139. The van der Waals surface area contributed by atoms with Gasteiger partial charge in [-0.05, 0) is 17.2 Å². The van der Waals surface area contributed by atoms with Gasteiger partial charge in [0, 0.05) is 5.88 Å². The summed E-state index contributed by atoms with van der Waals surface area (Å²) in [5.74, 6) is -1.77. The molecule has 0 unspecified atom stereocenters. The van der Waals surface area contributed by atoms with Crippen molar-refractivity contribution in [3.8, 4) is 6.07 Å². The summed E-state index contributed by atoms with van der Waals surface area (Å²) in [6.45, 7) is 0. The van der Waals surface area contributed by atoms with Gasteiger partial charge in [-0.1, -0.05) is 6.07 Å². The lowest BCUT2D eigenvalue weighted by Crippen LogP contribution is -2.15. The lowest BCUT2D eigenvalue weighted by Gasteiger charge is -2.16. The molecule has 7 heteroatoms. The van der Waals surface area contributed by atoms with Crippen LogP contribution in [0.15, 0.2) is 12.1 Å². The molecule has 0 aromatic heterocycles. The maximum Gasteiger partial charge on any atom is 0.418 e. The molecular weight excluding hydrogens is 271 g/mol. The topological polar surface area (TPSA) is 61.1 Å².